The van der Waals surface area contributed by atoms with Crippen LogP contribution in [0, 0.1) is 12.8 Å². The summed E-state index contributed by atoms with van der Waals surface area (Å²) in [6.45, 7) is 6.52. The van der Waals surface area contributed by atoms with Crippen LogP contribution in [0.5, 0.6) is 0 Å². The van der Waals surface area contributed by atoms with E-state index in [2.05, 4.69) is 24.1 Å². The molecule has 0 unspecified atom stereocenters. The Labute approximate surface area is 207 Å². The van der Waals surface area contributed by atoms with Crippen molar-refractivity contribution in [2.45, 2.75) is 38.9 Å². The number of benzene rings is 2. The molecule has 0 aliphatic carbocycles. The lowest BCUT2D eigenvalue weighted by atomic mass is 10.1. The number of fused-ring (bicyclic) bond motifs is 1. The van der Waals surface area contributed by atoms with Crippen molar-refractivity contribution in [1.82, 2.24) is 18.9 Å². The Morgan fingerprint density at radius 1 is 1.03 bits per heavy atom. The van der Waals surface area contributed by atoms with Crippen molar-refractivity contribution in [3.63, 3.8) is 0 Å². The van der Waals surface area contributed by atoms with Crippen LogP contribution in [0.3, 0.4) is 0 Å². The van der Waals surface area contributed by atoms with Crippen LogP contribution >= 0.6 is 11.8 Å². The van der Waals surface area contributed by atoms with Crippen molar-refractivity contribution in [2.24, 2.45) is 13.0 Å². The van der Waals surface area contributed by atoms with Gasteiger partial charge in [-0.2, -0.15) is 0 Å². The summed E-state index contributed by atoms with van der Waals surface area (Å²) >= 11 is 1.20. The Morgan fingerprint density at radius 3 is 2.43 bits per heavy atom. The highest BCUT2D eigenvalue weighted by Gasteiger charge is 2.19. The molecule has 2 aromatic carbocycles. The van der Waals surface area contributed by atoms with Gasteiger partial charge in [-0.1, -0.05) is 55.9 Å². The third-order valence-corrected chi connectivity index (χ3v) is 6.88. The Balaban J connectivity index is 1.58. The van der Waals surface area contributed by atoms with Crippen LogP contribution in [0.2, 0.25) is 0 Å². The van der Waals surface area contributed by atoms with Crippen molar-refractivity contribution < 1.29 is 4.79 Å². The summed E-state index contributed by atoms with van der Waals surface area (Å²) in [5, 5.41) is 3.83. The third-order valence-electron chi connectivity index (χ3n) is 5.91. The molecule has 0 aliphatic rings. The monoisotopic (exact) mass is 491 g/mol. The zero-order valence-corrected chi connectivity index (χ0v) is 21.1. The van der Waals surface area contributed by atoms with Gasteiger partial charge in [0.05, 0.1) is 28.0 Å². The molecule has 0 saturated heterocycles. The minimum atomic E-state index is -0.334. The second-order valence-electron chi connectivity index (χ2n) is 8.82. The van der Waals surface area contributed by atoms with Gasteiger partial charge >= 0.3 is 0 Å². The van der Waals surface area contributed by atoms with Crippen molar-refractivity contribution in [2.75, 3.05) is 11.1 Å². The number of hydrogen-bond acceptors (Lipinski definition) is 5. The molecule has 0 aliphatic heterocycles. The summed E-state index contributed by atoms with van der Waals surface area (Å²) in [6.07, 6.45) is 0.821. The van der Waals surface area contributed by atoms with E-state index < -0.39 is 0 Å². The van der Waals surface area contributed by atoms with Crippen LogP contribution in [0.15, 0.2) is 69.3 Å². The molecular weight excluding hydrogens is 462 g/mol. The number of nitrogens with one attached hydrogen (secondary N) is 1. The third kappa shape index (κ3) is 5.09. The number of anilines is 1. The second kappa shape index (κ2) is 10.4. The van der Waals surface area contributed by atoms with Gasteiger partial charge in [-0.05, 0) is 43.5 Å². The summed E-state index contributed by atoms with van der Waals surface area (Å²) in [5.74, 6) is 0.104. The van der Waals surface area contributed by atoms with Gasteiger partial charge in [0, 0.05) is 13.6 Å². The Morgan fingerprint density at radius 2 is 1.71 bits per heavy atom. The highest BCUT2D eigenvalue weighted by molar-refractivity contribution is 7.99. The summed E-state index contributed by atoms with van der Waals surface area (Å²) in [4.78, 5) is 43.7. The van der Waals surface area contributed by atoms with E-state index in [4.69, 9.17) is 0 Å². The van der Waals surface area contributed by atoms with Crippen LogP contribution in [0.1, 0.15) is 26.0 Å². The van der Waals surface area contributed by atoms with Gasteiger partial charge in [0.25, 0.3) is 11.1 Å². The zero-order valence-electron chi connectivity index (χ0n) is 20.3. The fourth-order valence-corrected chi connectivity index (χ4v) is 4.69. The van der Waals surface area contributed by atoms with Gasteiger partial charge in [0.1, 0.15) is 5.69 Å². The van der Waals surface area contributed by atoms with E-state index in [0.29, 0.717) is 39.9 Å². The Hall–Kier alpha value is -3.59. The molecule has 0 atom stereocenters. The van der Waals surface area contributed by atoms with E-state index >= 15 is 0 Å². The predicted octanol–water partition coefficient (Wildman–Crippen LogP) is 3.97. The number of hydrogen-bond donors (Lipinski definition) is 1. The molecule has 0 bridgehead atoms. The van der Waals surface area contributed by atoms with E-state index in [1.807, 2.05) is 42.5 Å². The predicted molar refractivity (Wildman–Crippen MR) is 141 cm³/mol. The smallest absolute Gasteiger partial charge is 0.295 e. The average molecular weight is 492 g/mol. The molecule has 9 heteroatoms. The van der Waals surface area contributed by atoms with Crippen LogP contribution in [-0.4, -0.2) is 30.6 Å². The molecule has 0 spiro atoms. The SMILES string of the molecule is Cc1c(NC(=O)CSc2nc3ccccc3c(=O)n2CCC(C)C)c(=O)n(-c2ccccc2)n1C. The molecular formula is C26H29N5O3S. The van der Waals surface area contributed by atoms with Gasteiger partial charge in [-0.25, -0.2) is 9.67 Å². The molecule has 0 fully saturated rings. The molecule has 8 nitrogen and oxygen atoms in total. The minimum Gasteiger partial charge on any atom is -0.319 e. The zero-order chi connectivity index (χ0) is 25.1. The molecule has 182 valence electrons. The van der Waals surface area contributed by atoms with E-state index in [9.17, 15) is 14.4 Å². The Kier molecular flexibility index (Phi) is 7.25. The maximum Gasteiger partial charge on any atom is 0.295 e. The van der Waals surface area contributed by atoms with Crippen LogP contribution in [0.25, 0.3) is 16.6 Å². The number of carbonyl (C=O) groups is 1. The standard InChI is InChI=1S/C26H29N5O3S/c1-17(2)14-15-30-24(33)20-12-8-9-13-21(20)27-26(30)35-16-22(32)28-23-18(3)29(4)31(25(23)34)19-10-6-5-7-11-19/h5-13,17H,14-16H2,1-4H3,(H,28,32). The molecule has 4 aromatic rings. The first-order valence-corrected chi connectivity index (χ1v) is 12.5. The van der Waals surface area contributed by atoms with Gasteiger partial charge in [-0.3, -0.25) is 23.6 Å². The number of aromatic nitrogens is 4. The summed E-state index contributed by atoms with van der Waals surface area (Å²) < 4.78 is 4.89. The van der Waals surface area contributed by atoms with Gasteiger partial charge in [-0.15, -0.1) is 0 Å². The number of thioether (sulfide) groups is 1. The van der Waals surface area contributed by atoms with E-state index in [-0.39, 0.29) is 28.5 Å². The molecule has 2 aromatic heterocycles. The fourth-order valence-electron chi connectivity index (χ4n) is 3.86. The molecule has 2 heterocycles. The van der Waals surface area contributed by atoms with Gasteiger partial charge in [0.2, 0.25) is 5.91 Å². The maximum atomic E-state index is 13.1. The number of nitrogens with zero attached hydrogens (tertiary/aromatic N) is 4. The molecule has 0 saturated carbocycles. The van der Waals surface area contributed by atoms with Crippen molar-refractivity contribution >= 4 is 34.3 Å². The summed E-state index contributed by atoms with van der Waals surface area (Å²) in [5.41, 5.74) is 1.80. The maximum absolute atomic E-state index is 13.1. The fraction of sp³-hybridized carbons (Fsp3) is 0.308. The van der Waals surface area contributed by atoms with Crippen molar-refractivity contribution in [3.05, 3.63) is 81.0 Å². The largest absolute Gasteiger partial charge is 0.319 e. The van der Waals surface area contributed by atoms with Crippen molar-refractivity contribution in [1.29, 1.82) is 0 Å². The molecule has 4 rings (SSSR count). The Bertz CT molecular complexity index is 1480. The topological polar surface area (TPSA) is 90.9 Å². The first-order chi connectivity index (χ1) is 16.8. The number of para-hydroxylation sites is 2. The van der Waals surface area contributed by atoms with Gasteiger partial charge < -0.3 is 5.32 Å². The summed E-state index contributed by atoms with van der Waals surface area (Å²) in [6, 6.07) is 16.5. The quantitative estimate of drug-likeness (QED) is 0.298. The highest BCUT2D eigenvalue weighted by Crippen LogP contribution is 2.20. The first kappa shape index (κ1) is 24.5. The highest BCUT2D eigenvalue weighted by atomic mass is 32.2. The lowest BCUT2D eigenvalue weighted by Gasteiger charge is -2.14. The van der Waals surface area contributed by atoms with Crippen LogP contribution in [0.4, 0.5) is 5.69 Å². The normalized spacial score (nSPS) is 11.3. The molecule has 0 radical (unpaired) electrons. The van der Waals surface area contributed by atoms with E-state index in [0.717, 1.165) is 6.42 Å². The lowest BCUT2D eigenvalue weighted by Crippen LogP contribution is -2.26. The first-order valence-electron chi connectivity index (χ1n) is 11.5. The summed E-state index contributed by atoms with van der Waals surface area (Å²) in [7, 11) is 1.78. The molecule has 1 amide bonds. The molecule has 1 N–H and O–H groups in total. The van der Waals surface area contributed by atoms with Gasteiger partial charge in [0.15, 0.2) is 5.16 Å². The van der Waals surface area contributed by atoms with Crippen LogP contribution in [-0.2, 0) is 18.4 Å². The lowest BCUT2D eigenvalue weighted by molar-refractivity contribution is -0.113. The van der Waals surface area contributed by atoms with E-state index in [1.54, 1.807) is 35.4 Å². The minimum absolute atomic E-state index is 0.0194. The van der Waals surface area contributed by atoms with E-state index in [1.165, 1.54) is 16.4 Å². The number of rotatable bonds is 8. The molecule has 35 heavy (non-hydrogen) atoms. The number of carbonyl (C=O) groups excluding carboxylic acids is 1. The number of amides is 1. The van der Waals surface area contributed by atoms with Crippen molar-refractivity contribution in [3.8, 4) is 5.69 Å². The average Bonchev–Trinajstić information content (AvgIpc) is 3.05. The second-order valence-corrected chi connectivity index (χ2v) is 9.77. The van der Waals surface area contributed by atoms with Crippen LogP contribution < -0.4 is 16.4 Å².